The van der Waals surface area contributed by atoms with Crippen molar-refractivity contribution in [3.8, 4) is 0 Å². The van der Waals surface area contributed by atoms with Gasteiger partial charge in [-0.3, -0.25) is 9.59 Å². The monoisotopic (exact) mass is 453 g/mol. The Labute approximate surface area is 184 Å². The van der Waals surface area contributed by atoms with E-state index in [2.05, 4.69) is 15.6 Å². The number of piperazine rings is 1. The molecule has 0 spiro atoms. The van der Waals surface area contributed by atoms with Crippen molar-refractivity contribution in [3.63, 3.8) is 0 Å². The van der Waals surface area contributed by atoms with Crippen molar-refractivity contribution in [2.24, 2.45) is 5.92 Å². The summed E-state index contributed by atoms with van der Waals surface area (Å²) in [7, 11) is 0. The first-order chi connectivity index (χ1) is 14.5. The number of amides is 2. The zero-order valence-corrected chi connectivity index (χ0v) is 18.4. The Balaban J connectivity index is 1.56. The largest absolute Gasteiger partial charge is 0.384 e. The second kappa shape index (κ2) is 7.68. The van der Waals surface area contributed by atoms with Gasteiger partial charge < -0.3 is 35.1 Å². The van der Waals surface area contributed by atoms with Crippen molar-refractivity contribution in [3.05, 3.63) is 24.4 Å². The van der Waals surface area contributed by atoms with E-state index in [1.807, 2.05) is 12.1 Å². The van der Waals surface area contributed by atoms with E-state index < -0.39 is 46.7 Å². The summed E-state index contributed by atoms with van der Waals surface area (Å²) in [6, 6.07) is 5.45. The van der Waals surface area contributed by atoms with E-state index in [0.29, 0.717) is 5.75 Å². The molecule has 4 aliphatic heterocycles. The van der Waals surface area contributed by atoms with E-state index in [1.165, 1.54) is 11.8 Å². The van der Waals surface area contributed by atoms with Crippen molar-refractivity contribution in [2.75, 3.05) is 19.0 Å². The van der Waals surface area contributed by atoms with Crippen LogP contribution in [-0.4, -0.2) is 74.9 Å². The smallest absolute Gasteiger partial charge is 0.278 e. The van der Waals surface area contributed by atoms with E-state index in [9.17, 15) is 19.8 Å². The molecule has 0 radical (unpaired) electrons. The number of pyridine rings is 1. The lowest BCUT2D eigenvalue weighted by molar-refractivity contribution is -0.247. The maximum Gasteiger partial charge on any atom is 0.278 e. The van der Waals surface area contributed by atoms with Crippen molar-refractivity contribution in [1.82, 2.24) is 15.6 Å². The first kappa shape index (κ1) is 22.4. The van der Waals surface area contributed by atoms with Crippen LogP contribution in [0.4, 0.5) is 0 Å². The summed E-state index contributed by atoms with van der Waals surface area (Å²) in [5.41, 5.74) is -5.57. The third-order valence-electron chi connectivity index (χ3n) is 5.89. The lowest BCUT2D eigenvalue weighted by atomic mass is 9.83. The van der Waals surface area contributed by atoms with Crippen LogP contribution in [0, 0.1) is 5.92 Å². The lowest BCUT2D eigenvalue weighted by Gasteiger charge is -2.51. The van der Waals surface area contributed by atoms with Crippen molar-refractivity contribution < 1.29 is 34.0 Å². The van der Waals surface area contributed by atoms with Crippen molar-refractivity contribution >= 4 is 23.6 Å². The highest BCUT2D eigenvalue weighted by molar-refractivity contribution is 7.99. The van der Waals surface area contributed by atoms with Gasteiger partial charge in [-0.15, -0.1) is 11.8 Å². The maximum absolute atomic E-state index is 13.1. The maximum atomic E-state index is 13.1. The molecule has 4 fully saturated rings. The quantitative estimate of drug-likeness (QED) is 0.444. The van der Waals surface area contributed by atoms with Crippen LogP contribution in [0.15, 0.2) is 29.4 Å². The van der Waals surface area contributed by atoms with Crippen LogP contribution in [0.1, 0.15) is 27.2 Å². The van der Waals surface area contributed by atoms with Crippen LogP contribution < -0.4 is 10.6 Å². The molecule has 4 N–H and O–H groups in total. The number of fused-ring (bicyclic) bond motifs is 5. The third-order valence-corrected chi connectivity index (χ3v) is 7.00. The molecule has 0 aliphatic carbocycles. The molecule has 4 saturated heterocycles. The summed E-state index contributed by atoms with van der Waals surface area (Å²) in [5, 5.41) is 27.9. The van der Waals surface area contributed by atoms with Gasteiger partial charge in [-0.1, -0.05) is 6.07 Å². The van der Waals surface area contributed by atoms with E-state index in [4.69, 9.17) is 14.2 Å². The Morgan fingerprint density at radius 2 is 2.00 bits per heavy atom. The predicted octanol–water partition coefficient (Wildman–Crippen LogP) is -0.256. The highest BCUT2D eigenvalue weighted by Gasteiger charge is 2.66. The summed E-state index contributed by atoms with van der Waals surface area (Å²) in [6.07, 6.45) is 0.340. The number of nitrogens with one attached hydrogen (secondary N) is 2. The van der Waals surface area contributed by atoms with Gasteiger partial charge in [0.1, 0.15) is 11.7 Å². The summed E-state index contributed by atoms with van der Waals surface area (Å²) in [4.78, 5) is 30.4. The summed E-state index contributed by atoms with van der Waals surface area (Å²) < 4.78 is 17.2. The number of hydrogen-bond donors (Lipinski definition) is 4. The topological polar surface area (TPSA) is 139 Å². The van der Waals surface area contributed by atoms with Crippen LogP contribution in [0.2, 0.25) is 0 Å². The van der Waals surface area contributed by atoms with E-state index >= 15 is 0 Å². The molecule has 5 heterocycles. The van der Waals surface area contributed by atoms with Crippen molar-refractivity contribution in [2.45, 2.75) is 61.2 Å². The molecular formula is C20H27N3O7S. The van der Waals surface area contributed by atoms with Crippen LogP contribution in [0.25, 0.3) is 0 Å². The second-order valence-electron chi connectivity index (χ2n) is 8.73. The standard InChI is InChI=1S/C20H27N3O7S/c1-17(2)29-11-18(3,30-17)14(24)20-16(26)22-19(27,15(25)23-20)12(7-9-28-20)10-31-13-6-4-5-8-21-13/h4-6,8,12,14,24,27H,7,9-11H2,1-3H3,(H,22,26)(H,23,25)/t12?,14-,18+,19+,20-/m0/s1. The van der Waals surface area contributed by atoms with E-state index in [-0.39, 0.29) is 19.6 Å². The SMILES string of the molecule is CC1(C)OC[C@](C)([C@H](O)[C@@]23NC(=O)[C@@](O)(NC2=O)C(CSc2ccccn2)CCO3)O1. The number of rotatable bonds is 5. The van der Waals surface area contributed by atoms with Crippen LogP contribution in [0.5, 0.6) is 0 Å². The fourth-order valence-corrected chi connectivity index (χ4v) is 5.29. The Hall–Kier alpha value is -1.76. The molecule has 5 atom stereocenters. The van der Waals surface area contributed by atoms with E-state index in [1.54, 1.807) is 33.0 Å². The normalized spacial score (nSPS) is 38.2. The third kappa shape index (κ3) is 3.83. The average molecular weight is 454 g/mol. The Morgan fingerprint density at radius 1 is 1.23 bits per heavy atom. The molecule has 4 aliphatic rings. The Kier molecular flexibility index (Phi) is 5.56. The number of nitrogens with zero attached hydrogens (tertiary/aromatic N) is 1. The highest BCUT2D eigenvalue weighted by Crippen LogP contribution is 2.40. The van der Waals surface area contributed by atoms with Gasteiger partial charge in [-0.25, -0.2) is 4.98 Å². The molecule has 1 aromatic heterocycles. The van der Waals surface area contributed by atoms with Gasteiger partial charge in [0.05, 0.1) is 18.2 Å². The molecule has 2 bridgehead atoms. The molecule has 1 unspecified atom stereocenters. The minimum atomic E-state index is -2.14. The molecule has 0 aromatic carbocycles. The first-order valence-corrected chi connectivity index (χ1v) is 11.1. The zero-order chi connectivity index (χ0) is 22.5. The molecule has 2 amide bonds. The lowest BCUT2D eigenvalue weighted by Crippen LogP contribution is -2.83. The van der Waals surface area contributed by atoms with Gasteiger partial charge >= 0.3 is 0 Å². The van der Waals surface area contributed by atoms with Gasteiger partial charge in [0, 0.05) is 17.9 Å². The molecule has 11 heteroatoms. The molecule has 5 rings (SSSR count). The molecule has 170 valence electrons. The van der Waals surface area contributed by atoms with Crippen molar-refractivity contribution in [1.29, 1.82) is 0 Å². The zero-order valence-electron chi connectivity index (χ0n) is 17.6. The minimum absolute atomic E-state index is 0.0109. The minimum Gasteiger partial charge on any atom is -0.384 e. The average Bonchev–Trinajstić information content (AvgIpc) is 3.01. The number of aliphatic hydroxyl groups is 2. The van der Waals surface area contributed by atoms with Gasteiger partial charge in [0.15, 0.2) is 5.79 Å². The Bertz CT molecular complexity index is 872. The first-order valence-electron chi connectivity index (χ1n) is 10.1. The number of aliphatic hydroxyl groups excluding tert-OH is 1. The van der Waals surface area contributed by atoms with Gasteiger partial charge in [0.2, 0.25) is 5.72 Å². The number of ether oxygens (including phenoxy) is 3. The second-order valence-corrected chi connectivity index (χ2v) is 9.77. The van der Waals surface area contributed by atoms with Gasteiger partial charge in [-0.2, -0.15) is 0 Å². The predicted molar refractivity (Wildman–Crippen MR) is 109 cm³/mol. The molecule has 1 aromatic rings. The highest BCUT2D eigenvalue weighted by atomic mass is 32.2. The fourth-order valence-electron chi connectivity index (χ4n) is 4.20. The van der Waals surface area contributed by atoms with Gasteiger partial charge in [0.25, 0.3) is 17.5 Å². The van der Waals surface area contributed by atoms with Gasteiger partial charge in [-0.05, 0) is 39.3 Å². The summed E-state index contributed by atoms with van der Waals surface area (Å²) in [5.74, 6) is -2.98. The molecular weight excluding hydrogens is 426 g/mol. The van der Waals surface area contributed by atoms with Crippen LogP contribution >= 0.6 is 11.8 Å². The number of carbonyl (C=O) groups is 2. The summed E-state index contributed by atoms with van der Waals surface area (Å²) >= 11 is 1.36. The number of aromatic nitrogens is 1. The van der Waals surface area contributed by atoms with E-state index in [0.717, 1.165) is 5.03 Å². The number of thioether (sulfide) groups is 1. The fraction of sp³-hybridized carbons (Fsp3) is 0.650. The molecule has 0 saturated carbocycles. The Morgan fingerprint density at radius 3 is 2.65 bits per heavy atom. The van der Waals surface area contributed by atoms with Crippen LogP contribution in [-0.2, 0) is 23.8 Å². The number of hydrogen-bond acceptors (Lipinski definition) is 9. The molecule has 31 heavy (non-hydrogen) atoms. The molecule has 10 nitrogen and oxygen atoms in total. The summed E-state index contributed by atoms with van der Waals surface area (Å²) in [6.45, 7) is 4.97. The number of carbonyl (C=O) groups excluding carboxylic acids is 2. The van der Waals surface area contributed by atoms with Crippen LogP contribution in [0.3, 0.4) is 0 Å².